The smallest absolute Gasteiger partial charge is 0.253 e. The Labute approximate surface area is 125 Å². The molecule has 0 spiro atoms. The second kappa shape index (κ2) is 7.22. The highest BCUT2D eigenvalue weighted by molar-refractivity contribution is 5.96. The van der Waals surface area contributed by atoms with Crippen LogP contribution in [-0.2, 0) is 4.79 Å². The minimum atomic E-state index is -0.0512. The number of hydrogen-bond acceptors (Lipinski definition) is 3. The van der Waals surface area contributed by atoms with Crippen LogP contribution < -0.4 is 10.6 Å². The third-order valence-electron chi connectivity index (χ3n) is 3.59. The molecule has 114 valence electrons. The van der Waals surface area contributed by atoms with E-state index in [9.17, 15) is 9.59 Å². The summed E-state index contributed by atoms with van der Waals surface area (Å²) in [5, 5.41) is 5.99. The first-order valence-corrected chi connectivity index (χ1v) is 7.56. The van der Waals surface area contributed by atoms with E-state index in [0.717, 1.165) is 12.8 Å². The van der Waals surface area contributed by atoms with Gasteiger partial charge in [-0.25, -0.2) is 0 Å². The van der Waals surface area contributed by atoms with Crippen LogP contribution in [0.2, 0.25) is 0 Å². The van der Waals surface area contributed by atoms with Crippen LogP contribution in [0, 0.1) is 0 Å². The van der Waals surface area contributed by atoms with Gasteiger partial charge in [0, 0.05) is 30.4 Å². The average Bonchev–Trinajstić information content (AvgIpc) is 3.31. The van der Waals surface area contributed by atoms with Gasteiger partial charge >= 0.3 is 0 Å². The molecule has 0 radical (unpaired) electrons. The van der Waals surface area contributed by atoms with E-state index in [-0.39, 0.29) is 11.8 Å². The summed E-state index contributed by atoms with van der Waals surface area (Å²) in [6, 6.07) is 7.57. The Balaban J connectivity index is 1.88. The number of rotatable bonds is 7. The fourth-order valence-electron chi connectivity index (χ4n) is 2.12. The summed E-state index contributed by atoms with van der Waals surface area (Å²) < 4.78 is 0. The van der Waals surface area contributed by atoms with Gasteiger partial charge in [-0.1, -0.05) is 0 Å². The average molecular weight is 289 g/mol. The van der Waals surface area contributed by atoms with Gasteiger partial charge in [0.1, 0.15) is 0 Å². The van der Waals surface area contributed by atoms with Crippen LogP contribution in [0.25, 0.3) is 0 Å². The van der Waals surface area contributed by atoms with Crippen molar-refractivity contribution in [3.63, 3.8) is 0 Å². The van der Waals surface area contributed by atoms with Gasteiger partial charge in [-0.3, -0.25) is 9.59 Å². The van der Waals surface area contributed by atoms with Crippen LogP contribution in [0.4, 0.5) is 5.69 Å². The minimum Gasteiger partial charge on any atom is -0.339 e. The molecule has 0 saturated heterocycles. The monoisotopic (exact) mass is 289 g/mol. The standard InChI is InChI=1S/C16H23N3O2/c1-3-19(4-2)16(21)12-5-7-14(8-6-12)18-15(20)11-17-13-9-10-13/h5-8,13,17H,3-4,9-11H2,1-2H3,(H,18,20). The number of carbonyl (C=O) groups is 2. The lowest BCUT2D eigenvalue weighted by atomic mass is 10.1. The molecule has 0 atom stereocenters. The molecule has 0 bridgehead atoms. The van der Waals surface area contributed by atoms with Gasteiger partial charge in [-0.2, -0.15) is 0 Å². The van der Waals surface area contributed by atoms with Gasteiger partial charge in [0.05, 0.1) is 6.54 Å². The Morgan fingerprint density at radius 2 is 1.76 bits per heavy atom. The Bertz CT molecular complexity index is 491. The van der Waals surface area contributed by atoms with Crippen molar-refractivity contribution in [3.8, 4) is 0 Å². The van der Waals surface area contributed by atoms with Crippen LogP contribution in [-0.4, -0.2) is 42.4 Å². The third-order valence-corrected chi connectivity index (χ3v) is 3.59. The topological polar surface area (TPSA) is 61.4 Å². The highest BCUT2D eigenvalue weighted by atomic mass is 16.2. The number of nitrogens with zero attached hydrogens (tertiary/aromatic N) is 1. The first-order chi connectivity index (χ1) is 10.1. The van der Waals surface area contributed by atoms with Gasteiger partial charge in [0.25, 0.3) is 5.91 Å². The van der Waals surface area contributed by atoms with E-state index in [0.29, 0.717) is 36.9 Å². The van der Waals surface area contributed by atoms with Crippen molar-refractivity contribution in [3.05, 3.63) is 29.8 Å². The second-order valence-corrected chi connectivity index (χ2v) is 5.26. The Morgan fingerprint density at radius 3 is 2.29 bits per heavy atom. The molecule has 0 aliphatic heterocycles. The Kier molecular flexibility index (Phi) is 5.33. The molecule has 1 aromatic rings. The number of amides is 2. The van der Waals surface area contributed by atoms with Crippen molar-refractivity contribution in [2.45, 2.75) is 32.7 Å². The lowest BCUT2D eigenvalue weighted by Crippen LogP contribution is -2.30. The third kappa shape index (κ3) is 4.56. The summed E-state index contributed by atoms with van der Waals surface area (Å²) in [6.07, 6.45) is 2.32. The minimum absolute atomic E-state index is 0.0216. The number of nitrogens with one attached hydrogen (secondary N) is 2. The van der Waals surface area contributed by atoms with E-state index in [1.807, 2.05) is 13.8 Å². The first-order valence-electron chi connectivity index (χ1n) is 7.56. The zero-order valence-electron chi connectivity index (χ0n) is 12.7. The van der Waals surface area contributed by atoms with E-state index in [2.05, 4.69) is 10.6 Å². The van der Waals surface area contributed by atoms with Gasteiger partial charge in [0.15, 0.2) is 0 Å². The van der Waals surface area contributed by atoms with Gasteiger partial charge < -0.3 is 15.5 Å². The predicted octanol–water partition coefficient (Wildman–Crippen LogP) is 1.86. The van der Waals surface area contributed by atoms with Crippen molar-refractivity contribution < 1.29 is 9.59 Å². The van der Waals surface area contributed by atoms with Crippen LogP contribution in [0.15, 0.2) is 24.3 Å². The maximum Gasteiger partial charge on any atom is 0.253 e. The summed E-state index contributed by atoms with van der Waals surface area (Å²) in [5.74, 6) is -0.0296. The van der Waals surface area contributed by atoms with Gasteiger partial charge in [-0.15, -0.1) is 0 Å². The molecule has 5 heteroatoms. The fourth-order valence-corrected chi connectivity index (χ4v) is 2.12. The van der Waals surface area contributed by atoms with E-state index < -0.39 is 0 Å². The van der Waals surface area contributed by atoms with Crippen molar-refractivity contribution in [1.82, 2.24) is 10.2 Å². The molecule has 2 amide bonds. The van der Waals surface area contributed by atoms with Crippen molar-refractivity contribution in [2.75, 3.05) is 25.0 Å². The first kappa shape index (κ1) is 15.5. The normalized spacial score (nSPS) is 13.8. The Morgan fingerprint density at radius 1 is 1.14 bits per heavy atom. The number of benzene rings is 1. The molecule has 1 fully saturated rings. The molecule has 5 nitrogen and oxygen atoms in total. The molecule has 2 N–H and O–H groups in total. The van der Waals surface area contributed by atoms with Crippen molar-refractivity contribution in [2.24, 2.45) is 0 Å². The van der Waals surface area contributed by atoms with Crippen LogP contribution in [0.5, 0.6) is 0 Å². The molecule has 1 aliphatic rings. The predicted molar refractivity (Wildman–Crippen MR) is 83.3 cm³/mol. The van der Waals surface area contributed by atoms with E-state index in [4.69, 9.17) is 0 Å². The maximum absolute atomic E-state index is 12.2. The summed E-state index contributed by atoms with van der Waals surface area (Å²) in [4.78, 5) is 25.6. The number of hydrogen-bond donors (Lipinski definition) is 2. The second-order valence-electron chi connectivity index (χ2n) is 5.26. The van der Waals surface area contributed by atoms with E-state index >= 15 is 0 Å². The molecule has 2 rings (SSSR count). The lowest BCUT2D eigenvalue weighted by molar-refractivity contribution is -0.115. The molecular formula is C16H23N3O2. The van der Waals surface area contributed by atoms with Crippen LogP contribution in [0.1, 0.15) is 37.0 Å². The maximum atomic E-state index is 12.2. The summed E-state index contributed by atoms with van der Waals surface area (Å²) in [7, 11) is 0. The summed E-state index contributed by atoms with van der Waals surface area (Å²) in [6.45, 7) is 5.65. The van der Waals surface area contributed by atoms with Crippen LogP contribution >= 0.6 is 0 Å². The largest absolute Gasteiger partial charge is 0.339 e. The van der Waals surface area contributed by atoms with Crippen molar-refractivity contribution in [1.29, 1.82) is 0 Å². The molecule has 21 heavy (non-hydrogen) atoms. The van der Waals surface area contributed by atoms with E-state index in [1.54, 1.807) is 29.2 Å². The molecule has 1 aliphatic carbocycles. The molecule has 0 aromatic heterocycles. The summed E-state index contributed by atoms with van der Waals surface area (Å²) in [5.41, 5.74) is 1.36. The molecule has 0 unspecified atom stereocenters. The Hall–Kier alpha value is -1.88. The van der Waals surface area contributed by atoms with Crippen LogP contribution in [0.3, 0.4) is 0 Å². The quantitative estimate of drug-likeness (QED) is 0.805. The number of anilines is 1. The van der Waals surface area contributed by atoms with E-state index in [1.165, 1.54) is 0 Å². The van der Waals surface area contributed by atoms with Crippen molar-refractivity contribution >= 4 is 17.5 Å². The molecule has 1 aromatic carbocycles. The molecule has 1 saturated carbocycles. The molecule has 0 heterocycles. The zero-order valence-corrected chi connectivity index (χ0v) is 12.7. The van der Waals surface area contributed by atoms with Gasteiger partial charge in [-0.05, 0) is 51.0 Å². The highest BCUT2D eigenvalue weighted by Gasteiger charge is 2.21. The zero-order chi connectivity index (χ0) is 15.2. The fraction of sp³-hybridized carbons (Fsp3) is 0.500. The molecular weight excluding hydrogens is 266 g/mol. The highest BCUT2D eigenvalue weighted by Crippen LogP contribution is 2.18. The summed E-state index contributed by atoms with van der Waals surface area (Å²) >= 11 is 0. The number of carbonyl (C=O) groups excluding carboxylic acids is 2. The SMILES string of the molecule is CCN(CC)C(=O)c1ccc(NC(=O)CNC2CC2)cc1. The van der Waals surface area contributed by atoms with Gasteiger partial charge in [0.2, 0.25) is 5.91 Å². The lowest BCUT2D eigenvalue weighted by Gasteiger charge is -2.18.